The van der Waals surface area contributed by atoms with Gasteiger partial charge in [-0.15, -0.1) is 10.2 Å². The van der Waals surface area contributed by atoms with Crippen LogP contribution in [0.15, 0.2) is 42.6 Å². The predicted octanol–water partition coefficient (Wildman–Crippen LogP) is 2.74. The largest absolute Gasteiger partial charge is 0.351 e. The molecule has 0 fully saturated rings. The molecule has 0 spiro atoms. The van der Waals surface area contributed by atoms with Crippen LogP contribution in [0.2, 0.25) is 0 Å². The second-order valence-corrected chi connectivity index (χ2v) is 7.50. The summed E-state index contributed by atoms with van der Waals surface area (Å²) in [4.78, 5) is 24.5. The van der Waals surface area contributed by atoms with Crippen LogP contribution in [-0.2, 0) is 4.79 Å². The van der Waals surface area contributed by atoms with Crippen molar-refractivity contribution in [2.45, 2.75) is 18.9 Å². The zero-order valence-electron chi connectivity index (χ0n) is 16.3. The number of thioether (sulfide) groups is 1. The number of hydrogen-bond donors (Lipinski definition) is 2. The highest BCUT2D eigenvalue weighted by molar-refractivity contribution is 7.98. The van der Waals surface area contributed by atoms with Crippen LogP contribution in [0.1, 0.15) is 35.1 Å². The summed E-state index contributed by atoms with van der Waals surface area (Å²) in [5.74, 6) is -1.26. The third-order valence-electron chi connectivity index (χ3n) is 4.41. The standard InChI is InChI=1S/C20H21F2N5O2S/c1-30-11-8-16(19-26-25-17-4-2-3-10-27(17)19)24-18(28)7-9-23-20(29)14-6-5-13(21)12-15(14)22/h2-6,10,12,16H,7-9,11H2,1H3,(H,23,29)(H,24,28). The summed E-state index contributed by atoms with van der Waals surface area (Å²) in [6, 6.07) is 7.91. The number of rotatable bonds is 9. The highest BCUT2D eigenvalue weighted by Crippen LogP contribution is 2.18. The van der Waals surface area contributed by atoms with Gasteiger partial charge in [-0.25, -0.2) is 8.78 Å². The van der Waals surface area contributed by atoms with Gasteiger partial charge in [0.25, 0.3) is 5.91 Å². The number of carbonyl (C=O) groups is 2. The first-order chi connectivity index (χ1) is 14.5. The molecule has 0 saturated heterocycles. The summed E-state index contributed by atoms with van der Waals surface area (Å²) in [5, 5.41) is 13.7. The molecule has 0 saturated carbocycles. The summed E-state index contributed by atoms with van der Waals surface area (Å²) >= 11 is 1.65. The minimum Gasteiger partial charge on any atom is -0.351 e. The monoisotopic (exact) mass is 433 g/mol. The lowest BCUT2D eigenvalue weighted by Gasteiger charge is -2.17. The van der Waals surface area contributed by atoms with Crippen LogP contribution in [0.5, 0.6) is 0 Å². The van der Waals surface area contributed by atoms with Crippen molar-refractivity contribution in [3.05, 3.63) is 65.6 Å². The van der Waals surface area contributed by atoms with E-state index in [1.54, 1.807) is 11.8 Å². The summed E-state index contributed by atoms with van der Waals surface area (Å²) < 4.78 is 28.4. The molecule has 10 heteroatoms. The van der Waals surface area contributed by atoms with Crippen LogP contribution in [0.3, 0.4) is 0 Å². The lowest BCUT2D eigenvalue weighted by atomic mass is 10.2. The number of nitrogens with one attached hydrogen (secondary N) is 2. The molecule has 0 aliphatic rings. The molecule has 3 aromatic rings. The van der Waals surface area contributed by atoms with Crippen molar-refractivity contribution in [3.63, 3.8) is 0 Å². The molecule has 2 heterocycles. The van der Waals surface area contributed by atoms with Crippen molar-refractivity contribution in [1.29, 1.82) is 0 Å². The molecule has 2 amide bonds. The topological polar surface area (TPSA) is 88.4 Å². The van der Waals surface area contributed by atoms with Crippen LogP contribution < -0.4 is 10.6 Å². The molecule has 0 aliphatic heterocycles. The number of amides is 2. The van der Waals surface area contributed by atoms with E-state index in [1.165, 1.54) is 0 Å². The Bertz CT molecular complexity index is 1040. The van der Waals surface area contributed by atoms with Crippen LogP contribution in [-0.4, -0.2) is 45.0 Å². The van der Waals surface area contributed by atoms with Gasteiger partial charge in [0.2, 0.25) is 5.91 Å². The van der Waals surface area contributed by atoms with Crippen molar-refractivity contribution >= 4 is 29.2 Å². The van der Waals surface area contributed by atoms with Crippen molar-refractivity contribution in [3.8, 4) is 0 Å². The Balaban J connectivity index is 1.59. The number of carbonyl (C=O) groups excluding carboxylic acids is 2. The Morgan fingerprint density at radius 2 is 2.03 bits per heavy atom. The SMILES string of the molecule is CSCCC(NC(=O)CCNC(=O)c1ccc(F)cc1F)c1nnc2ccccn12. The summed E-state index contributed by atoms with van der Waals surface area (Å²) in [6.45, 7) is 0.0112. The predicted molar refractivity (Wildman–Crippen MR) is 110 cm³/mol. The minimum absolute atomic E-state index is 0.00105. The smallest absolute Gasteiger partial charge is 0.254 e. The van der Waals surface area contributed by atoms with Crippen LogP contribution >= 0.6 is 11.8 Å². The fourth-order valence-corrected chi connectivity index (χ4v) is 3.40. The van der Waals surface area contributed by atoms with E-state index in [4.69, 9.17) is 0 Å². The third-order valence-corrected chi connectivity index (χ3v) is 5.05. The third kappa shape index (κ3) is 5.32. The van der Waals surface area contributed by atoms with Crippen molar-refractivity contribution < 1.29 is 18.4 Å². The van der Waals surface area contributed by atoms with Gasteiger partial charge in [-0.3, -0.25) is 14.0 Å². The molecule has 7 nitrogen and oxygen atoms in total. The number of fused-ring (bicyclic) bond motifs is 1. The highest BCUT2D eigenvalue weighted by Gasteiger charge is 2.20. The van der Waals surface area contributed by atoms with Crippen LogP contribution in [0, 0.1) is 11.6 Å². The zero-order valence-corrected chi connectivity index (χ0v) is 17.1. The van der Waals surface area contributed by atoms with E-state index in [-0.39, 0.29) is 30.5 Å². The van der Waals surface area contributed by atoms with Gasteiger partial charge in [0.05, 0.1) is 11.6 Å². The molecule has 1 aromatic carbocycles. The molecule has 158 valence electrons. The van der Waals surface area contributed by atoms with E-state index in [2.05, 4.69) is 20.8 Å². The Morgan fingerprint density at radius 1 is 1.20 bits per heavy atom. The zero-order chi connectivity index (χ0) is 21.5. The molecular weight excluding hydrogens is 412 g/mol. The van der Waals surface area contributed by atoms with Gasteiger partial charge in [-0.2, -0.15) is 11.8 Å². The number of nitrogens with zero attached hydrogens (tertiary/aromatic N) is 3. The van der Waals surface area contributed by atoms with E-state index in [0.29, 0.717) is 24.0 Å². The minimum atomic E-state index is -0.951. The number of aromatic nitrogens is 3. The molecule has 3 rings (SSSR count). The fraction of sp³-hybridized carbons (Fsp3) is 0.300. The van der Waals surface area contributed by atoms with Gasteiger partial charge < -0.3 is 10.6 Å². The van der Waals surface area contributed by atoms with Gasteiger partial charge in [0.15, 0.2) is 11.5 Å². The Hall–Kier alpha value is -3.01. The van der Waals surface area contributed by atoms with E-state index >= 15 is 0 Å². The molecule has 0 bridgehead atoms. The van der Waals surface area contributed by atoms with Gasteiger partial charge in [0.1, 0.15) is 11.6 Å². The lowest BCUT2D eigenvalue weighted by molar-refractivity contribution is -0.121. The molecule has 2 N–H and O–H groups in total. The summed E-state index contributed by atoms with van der Waals surface area (Å²) in [5.41, 5.74) is 0.411. The highest BCUT2D eigenvalue weighted by atomic mass is 32.2. The molecule has 0 radical (unpaired) electrons. The molecular formula is C20H21F2N5O2S. The first kappa shape index (κ1) is 21.7. The van der Waals surface area contributed by atoms with E-state index < -0.39 is 17.5 Å². The van der Waals surface area contributed by atoms with Crippen molar-refractivity contribution in [2.24, 2.45) is 0 Å². The maximum Gasteiger partial charge on any atom is 0.254 e. The van der Waals surface area contributed by atoms with Gasteiger partial charge in [0, 0.05) is 25.2 Å². The molecule has 1 atom stereocenters. The Morgan fingerprint density at radius 3 is 2.80 bits per heavy atom. The maximum absolute atomic E-state index is 13.7. The van der Waals surface area contributed by atoms with E-state index in [0.717, 1.165) is 17.9 Å². The van der Waals surface area contributed by atoms with Gasteiger partial charge in [-0.1, -0.05) is 6.07 Å². The molecule has 0 aliphatic carbocycles. The lowest BCUT2D eigenvalue weighted by Crippen LogP contribution is -2.34. The average Bonchev–Trinajstić information content (AvgIpc) is 3.15. The number of benzene rings is 1. The first-order valence-electron chi connectivity index (χ1n) is 9.31. The van der Waals surface area contributed by atoms with Crippen LogP contribution in [0.4, 0.5) is 8.78 Å². The molecule has 1 unspecified atom stereocenters. The van der Waals surface area contributed by atoms with Crippen molar-refractivity contribution in [2.75, 3.05) is 18.6 Å². The maximum atomic E-state index is 13.7. The van der Waals surface area contributed by atoms with Crippen LogP contribution in [0.25, 0.3) is 5.65 Å². The normalized spacial score (nSPS) is 12.0. The summed E-state index contributed by atoms with van der Waals surface area (Å²) in [7, 11) is 0. The van der Waals surface area contributed by atoms with Gasteiger partial charge in [-0.05, 0) is 42.7 Å². The average molecular weight is 433 g/mol. The second kappa shape index (κ2) is 10.1. The number of pyridine rings is 1. The quantitative estimate of drug-likeness (QED) is 0.542. The molecule has 2 aromatic heterocycles. The summed E-state index contributed by atoms with van der Waals surface area (Å²) in [6.07, 6.45) is 4.47. The fourth-order valence-electron chi connectivity index (χ4n) is 2.92. The van der Waals surface area contributed by atoms with E-state index in [1.807, 2.05) is 35.1 Å². The Labute approximate surface area is 176 Å². The van der Waals surface area contributed by atoms with Crippen molar-refractivity contribution in [1.82, 2.24) is 25.2 Å². The van der Waals surface area contributed by atoms with Gasteiger partial charge >= 0.3 is 0 Å². The first-order valence-corrected chi connectivity index (χ1v) is 10.7. The van der Waals surface area contributed by atoms with E-state index in [9.17, 15) is 18.4 Å². The molecule has 30 heavy (non-hydrogen) atoms. The number of hydrogen-bond acceptors (Lipinski definition) is 5. The number of halogens is 2. The Kier molecular flexibility index (Phi) is 7.34. The second-order valence-electron chi connectivity index (χ2n) is 6.52.